The van der Waals surface area contributed by atoms with Gasteiger partial charge in [0.2, 0.25) is 11.8 Å². The van der Waals surface area contributed by atoms with E-state index < -0.39 is 23.6 Å². The molecule has 1 aromatic rings. The maximum atomic E-state index is 13.7. The zero-order chi connectivity index (χ0) is 21.0. The van der Waals surface area contributed by atoms with Gasteiger partial charge in [-0.15, -0.1) is 0 Å². The number of nitrogens with zero attached hydrogens (tertiary/aromatic N) is 1. The molecule has 0 unspecified atom stereocenters. The number of halogens is 2. The Morgan fingerprint density at radius 3 is 2.71 bits per heavy atom. The molecule has 150 valence electrons. The highest BCUT2D eigenvalue weighted by Crippen LogP contribution is 2.32. The van der Waals surface area contributed by atoms with Crippen LogP contribution in [0.4, 0.5) is 10.1 Å². The standard InChI is InChI=1S/C21H24ClFN2O3/c1-12(9-10-18(28-5)14(3)22)15-11-25(4)21(27)19(15)20(26)24-17-8-6-7-16(23)13(17)2/h6-10,15,19H,1,11H2,2-5H3,(H,24,26)/b10-9-,18-14-/t15-,19+/m0/s1. The molecule has 2 atom stereocenters. The number of hydrogen-bond acceptors (Lipinski definition) is 3. The maximum absolute atomic E-state index is 13.7. The second kappa shape index (κ2) is 9.06. The maximum Gasteiger partial charge on any atom is 0.237 e. The van der Waals surface area contributed by atoms with Crippen LogP contribution in [0, 0.1) is 24.6 Å². The fraction of sp³-hybridized carbons (Fsp3) is 0.333. The molecular formula is C21H24ClFN2O3. The number of carbonyl (C=O) groups excluding carboxylic acids is 2. The molecule has 7 heteroatoms. The van der Waals surface area contributed by atoms with Crippen LogP contribution < -0.4 is 5.32 Å². The van der Waals surface area contributed by atoms with Crippen LogP contribution in [0.15, 0.2) is 53.3 Å². The van der Waals surface area contributed by atoms with E-state index in [9.17, 15) is 14.0 Å². The summed E-state index contributed by atoms with van der Waals surface area (Å²) in [6.07, 6.45) is 3.34. The van der Waals surface area contributed by atoms with Crippen LogP contribution in [0.2, 0.25) is 0 Å². The summed E-state index contributed by atoms with van der Waals surface area (Å²) in [5, 5.41) is 3.15. The molecule has 2 rings (SSSR count). The first-order valence-electron chi connectivity index (χ1n) is 8.75. The van der Waals surface area contributed by atoms with E-state index in [-0.39, 0.29) is 5.91 Å². The third-order valence-corrected chi connectivity index (χ3v) is 4.99. The highest BCUT2D eigenvalue weighted by Gasteiger charge is 2.44. The fourth-order valence-corrected chi connectivity index (χ4v) is 3.25. The highest BCUT2D eigenvalue weighted by molar-refractivity contribution is 6.29. The van der Waals surface area contributed by atoms with Crippen molar-refractivity contribution in [1.29, 1.82) is 0 Å². The molecule has 5 nitrogen and oxygen atoms in total. The van der Waals surface area contributed by atoms with Crippen LogP contribution in [0.3, 0.4) is 0 Å². The van der Waals surface area contributed by atoms with E-state index in [1.54, 1.807) is 39.1 Å². The van der Waals surface area contributed by atoms with E-state index in [0.29, 0.717) is 34.2 Å². The first kappa shape index (κ1) is 21.7. The predicted molar refractivity (Wildman–Crippen MR) is 108 cm³/mol. The molecule has 1 fully saturated rings. The van der Waals surface area contributed by atoms with Gasteiger partial charge < -0.3 is 15.0 Å². The number of benzene rings is 1. The summed E-state index contributed by atoms with van der Waals surface area (Å²) in [7, 11) is 3.13. The smallest absolute Gasteiger partial charge is 0.237 e. The zero-order valence-corrected chi connectivity index (χ0v) is 17.1. The topological polar surface area (TPSA) is 58.6 Å². The Bertz CT molecular complexity index is 859. The summed E-state index contributed by atoms with van der Waals surface area (Å²) in [5.74, 6) is -2.11. The molecule has 1 N–H and O–H groups in total. The number of carbonyl (C=O) groups is 2. The lowest BCUT2D eigenvalue weighted by Gasteiger charge is -2.18. The quantitative estimate of drug-likeness (QED) is 0.441. The molecule has 1 aliphatic heterocycles. The van der Waals surface area contributed by atoms with E-state index in [4.69, 9.17) is 16.3 Å². The van der Waals surface area contributed by atoms with Gasteiger partial charge in [0.05, 0.1) is 12.1 Å². The molecule has 0 saturated carbocycles. The van der Waals surface area contributed by atoms with E-state index in [1.165, 1.54) is 24.1 Å². The van der Waals surface area contributed by atoms with Gasteiger partial charge in [-0.1, -0.05) is 30.3 Å². The van der Waals surface area contributed by atoms with Gasteiger partial charge in [0.15, 0.2) is 0 Å². The number of hydrogen-bond donors (Lipinski definition) is 1. The second-order valence-electron chi connectivity index (χ2n) is 6.71. The van der Waals surface area contributed by atoms with Crippen LogP contribution in [-0.4, -0.2) is 37.4 Å². The Hall–Kier alpha value is -2.60. The van der Waals surface area contributed by atoms with Gasteiger partial charge >= 0.3 is 0 Å². The molecule has 0 aliphatic carbocycles. The number of nitrogens with one attached hydrogen (secondary N) is 1. The summed E-state index contributed by atoms with van der Waals surface area (Å²) < 4.78 is 18.9. The van der Waals surface area contributed by atoms with Crippen molar-refractivity contribution in [3.63, 3.8) is 0 Å². The third-order valence-electron chi connectivity index (χ3n) is 4.81. The summed E-state index contributed by atoms with van der Waals surface area (Å²) >= 11 is 5.95. The Labute approximate surface area is 169 Å². The van der Waals surface area contributed by atoms with Crippen molar-refractivity contribution in [3.8, 4) is 0 Å². The molecule has 1 aliphatic rings. The molecule has 1 aromatic carbocycles. The minimum Gasteiger partial charge on any atom is -0.496 e. The SMILES string of the molecule is C=C(/C=C\C(OC)=C(/C)Cl)[C@@H]1CN(C)C(=O)[C@H]1C(=O)Nc1cccc(F)c1C. The lowest BCUT2D eigenvalue weighted by Crippen LogP contribution is -2.33. The van der Waals surface area contributed by atoms with Gasteiger partial charge in [-0.25, -0.2) is 4.39 Å². The van der Waals surface area contributed by atoms with Gasteiger partial charge in [0.1, 0.15) is 17.5 Å². The van der Waals surface area contributed by atoms with Crippen LogP contribution in [0.1, 0.15) is 12.5 Å². The molecule has 0 spiro atoms. The number of ether oxygens (including phenoxy) is 1. The van der Waals surface area contributed by atoms with Gasteiger partial charge in [0.25, 0.3) is 0 Å². The Balaban J connectivity index is 2.25. The normalized spacial score (nSPS) is 20.4. The summed E-state index contributed by atoms with van der Waals surface area (Å²) in [6, 6.07) is 4.42. The van der Waals surface area contributed by atoms with Crippen LogP contribution in [-0.2, 0) is 14.3 Å². The van der Waals surface area contributed by atoms with Gasteiger partial charge in [-0.2, -0.15) is 0 Å². The van der Waals surface area contributed by atoms with Crippen molar-refractivity contribution < 1.29 is 18.7 Å². The van der Waals surface area contributed by atoms with Gasteiger partial charge in [0, 0.05) is 30.8 Å². The van der Waals surface area contributed by atoms with Crippen molar-refractivity contribution in [2.45, 2.75) is 13.8 Å². The number of amides is 2. The van der Waals surface area contributed by atoms with E-state index in [2.05, 4.69) is 11.9 Å². The average Bonchev–Trinajstić information content (AvgIpc) is 2.94. The van der Waals surface area contributed by atoms with E-state index >= 15 is 0 Å². The Kier molecular flexibility index (Phi) is 7.02. The van der Waals surface area contributed by atoms with Crippen molar-refractivity contribution in [1.82, 2.24) is 4.90 Å². The first-order valence-corrected chi connectivity index (χ1v) is 9.13. The molecular weight excluding hydrogens is 383 g/mol. The molecule has 0 bridgehead atoms. The zero-order valence-electron chi connectivity index (χ0n) is 16.4. The summed E-state index contributed by atoms with van der Waals surface area (Å²) in [5.41, 5.74) is 1.26. The van der Waals surface area contributed by atoms with Crippen LogP contribution in [0.5, 0.6) is 0 Å². The summed E-state index contributed by atoms with van der Waals surface area (Å²) in [6.45, 7) is 7.63. The highest BCUT2D eigenvalue weighted by atomic mass is 35.5. The number of methoxy groups -OCH3 is 1. The lowest BCUT2D eigenvalue weighted by molar-refractivity contribution is -0.135. The van der Waals surface area contributed by atoms with Crippen molar-refractivity contribution in [2.75, 3.05) is 26.0 Å². The van der Waals surface area contributed by atoms with Gasteiger partial charge in [-0.3, -0.25) is 9.59 Å². The lowest BCUT2D eigenvalue weighted by atomic mass is 9.88. The first-order chi connectivity index (χ1) is 13.2. The van der Waals surface area contributed by atoms with Crippen molar-refractivity contribution in [2.24, 2.45) is 11.8 Å². The Morgan fingerprint density at radius 1 is 1.43 bits per heavy atom. The number of anilines is 1. The van der Waals surface area contributed by atoms with Crippen molar-refractivity contribution in [3.05, 3.63) is 64.7 Å². The predicted octanol–water partition coefficient (Wildman–Crippen LogP) is 4.01. The monoisotopic (exact) mass is 406 g/mol. The van der Waals surface area contributed by atoms with E-state index in [1.807, 2.05) is 0 Å². The third kappa shape index (κ3) is 4.62. The minimum absolute atomic E-state index is 0.304. The van der Waals surface area contributed by atoms with Crippen LogP contribution in [0.25, 0.3) is 0 Å². The Morgan fingerprint density at radius 2 is 2.11 bits per heavy atom. The molecule has 1 saturated heterocycles. The average molecular weight is 407 g/mol. The number of likely N-dealkylation sites (tertiary alicyclic amines) is 1. The van der Waals surface area contributed by atoms with E-state index in [0.717, 1.165) is 0 Å². The molecule has 1 heterocycles. The van der Waals surface area contributed by atoms with Gasteiger partial charge in [-0.05, 0) is 37.6 Å². The van der Waals surface area contributed by atoms with Crippen LogP contribution >= 0.6 is 11.6 Å². The molecule has 28 heavy (non-hydrogen) atoms. The largest absolute Gasteiger partial charge is 0.496 e. The molecule has 0 radical (unpaired) electrons. The number of allylic oxidation sites excluding steroid dienone is 3. The minimum atomic E-state index is -0.947. The molecule has 2 amide bonds. The molecule has 0 aromatic heterocycles. The number of rotatable bonds is 6. The summed E-state index contributed by atoms with van der Waals surface area (Å²) in [4.78, 5) is 26.9. The fourth-order valence-electron chi connectivity index (χ4n) is 3.11. The second-order valence-corrected chi connectivity index (χ2v) is 7.28. The van der Waals surface area contributed by atoms with Crippen molar-refractivity contribution >= 4 is 29.1 Å².